The topological polar surface area (TPSA) is 114 Å². The van der Waals surface area contributed by atoms with Crippen LogP contribution in [-0.4, -0.2) is 61.4 Å². The molecule has 1 aliphatic rings. The number of aromatic nitrogens is 2. The molecule has 1 saturated heterocycles. The summed E-state index contributed by atoms with van der Waals surface area (Å²) in [4.78, 5) is 21.5. The van der Waals surface area contributed by atoms with Crippen LogP contribution in [0.1, 0.15) is 27.3 Å². The number of benzene rings is 2. The van der Waals surface area contributed by atoms with Gasteiger partial charge in [-0.05, 0) is 68.3 Å². The van der Waals surface area contributed by atoms with E-state index in [4.69, 9.17) is 4.74 Å². The van der Waals surface area contributed by atoms with E-state index in [-0.39, 0.29) is 10.8 Å². The number of rotatable bonds is 8. The van der Waals surface area contributed by atoms with Gasteiger partial charge in [-0.25, -0.2) is 18.4 Å². The lowest BCUT2D eigenvalue weighted by atomic mass is 10.1. The average molecular weight is 496 g/mol. The highest BCUT2D eigenvalue weighted by Gasteiger charge is 2.26. The number of amides is 1. The van der Waals surface area contributed by atoms with Gasteiger partial charge in [-0.2, -0.15) is 4.31 Å². The normalized spacial score (nSPS) is 14.5. The molecule has 4 rings (SSSR count). The molecule has 184 valence electrons. The number of anilines is 2. The van der Waals surface area contributed by atoms with Crippen LogP contribution in [0.5, 0.6) is 0 Å². The summed E-state index contributed by atoms with van der Waals surface area (Å²) in [5, 5.41) is 6.05. The van der Waals surface area contributed by atoms with Gasteiger partial charge in [0.2, 0.25) is 16.0 Å². The second-order valence-corrected chi connectivity index (χ2v) is 10.3. The molecule has 2 aromatic carbocycles. The Morgan fingerprint density at radius 1 is 0.971 bits per heavy atom. The van der Waals surface area contributed by atoms with Crippen molar-refractivity contribution in [2.45, 2.75) is 25.2 Å². The monoisotopic (exact) mass is 495 g/mol. The lowest BCUT2D eigenvalue weighted by molar-refractivity contribution is 0.0730. The molecule has 3 aromatic rings. The van der Waals surface area contributed by atoms with E-state index < -0.39 is 10.0 Å². The molecule has 35 heavy (non-hydrogen) atoms. The molecule has 0 spiro atoms. The van der Waals surface area contributed by atoms with Gasteiger partial charge in [-0.15, -0.1) is 0 Å². The van der Waals surface area contributed by atoms with E-state index in [1.165, 1.54) is 4.31 Å². The third-order valence-corrected chi connectivity index (χ3v) is 7.53. The molecule has 2 N–H and O–H groups in total. The Morgan fingerprint density at radius 3 is 2.23 bits per heavy atom. The van der Waals surface area contributed by atoms with Gasteiger partial charge in [0, 0.05) is 42.3 Å². The van der Waals surface area contributed by atoms with Gasteiger partial charge >= 0.3 is 0 Å². The maximum absolute atomic E-state index is 12.7. The Morgan fingerprint density at radius 2 is 1.60 bits per heavy atom. The lowest BCUT2D eigenvalue weighted by Crippen LogP contribution is -2.40. The summed E-state index contributed by atoms with van der Waals surface area (Å²) in [6, 6.07) is 15.8. The maximum Gasteiger partial charge on any atom is 0.251 e. The summed E-state index contributed by atoms with van der Waals surface area (Å²) in [7, 11) is -3.51. The molecule has 1 amide bonds. The van der Waals surface area contributed by atoms with Crippen LogP contribution in [0.25, 0.3) is 0 Å². The van der Waals surface area contributed by atoms with Crippen molar-refractivity contribution in [1.82, 2.24) is 19.6 Å². The van der Waals surface area contributed by atoms with Crippen molar-refractivity contribution in [2.75, 3.05) is 38.2 Å². The summed E-state index contributed by atoms with van der Waals surface area (Å²) in [6.45, 7) is 5.82. The third-order valence-electron chi connectivity index (χ3n) is 5.62. The van der Waals surface area contributed by atoms with Crippen molar-refractivity contribution in [3.8, 4) is 0 Å². The first kappa shape index (κ1) is 24.8. The Kier molecular flexibility index (Phi) is 7.74. The van der Waals surface area contributed by atoms with Gasteiger partial charge in [-0.1, -0.05) is 12.1 Å². The molecular weight excluding hydrogens is 466 g/mol. The fourth-order valence-corrected chi connectivity index (χ4v) is 5.21. The highest BCUT2D eigenvalue weighted by Crippen LogP contribution is 2.18. The highest BCUT2D eigenvalue weighted by molar-refractivity contribution is 7.89. The quantitative estimate of drug-likeness (QED) is 0.494. The zero-order valence-electron chi connectivity index (χ0n) is 19.8. The Hall–Kier alpha value is -3.34. The standard InChI is InChI=1S/C25H29N5O4S/c1-18-17-19(2)28-25(27-18)29-22-7-5-21(6-8-22)24(31)26-12-11-20-3-9-23(10-4-20)35(32,33)30-13-15-34-16-14-30/h3-10,17H,11-16H2,1-2H3,(H,26,31)(H,27,28,29). The van der Waals surface area contributed by atoms with Gasteiger partial charge in [0.1, 0.15) is 0 Å². The number of morpholine rings is 1. The van der Waals surface area contributed by atoms with E-state index in [9.17, 15) is 13.2 Å². The van der Waals surface area contributed by atoms with Gasteiger partial charge in [0.15, 0.2) is 0 Å². The third kappa shape index (κ3) is 6.41. The predicted octanol–water partition coefficient (Wildman–Crippen LogP) is 2.83. The van der Waals surface area contributed by atoms with Crippen LogP contribution in [-0.2, 0) is 21.2 Å². The first-order chi connectivity index (χ1) is 16.8. The highest BCUT2D eigenvalue weighted by atomic mass is 32.2. The van der Waals surface area contributed by atoms with E-state index in [1.54, 1.807) is 36.4 Å². The minimum atomic E-state index is -3.51. The van der Waals surface area contributed by atoms with Crippen molar-refractivity contribution in [2.24, 2.45) is 0 Å². The zero-order valence-corrected chi connectivity index (χ0v) is 20.6. The largest absolute Gasteiger partial charge is 0.379 e. The van der Waals surface area contributed by atoms with Gasteiger partial charge in [-0.3, -0.25) is 4.79 Å². The average Bonchev–Trinajstić information content (AvgIpc) is 2.85. The molecule has 2 heterocycles. The predicted molar refractivity (Wildman–Crippen MR) is 133 cm³/mol. The van der Waals surface area contributed by atoms with Crippen LogP contribution in [0.2, 0.25) is 0 Å². The van der Waals surface area contributed by atoms with Crippen LogP contribution < -0.4 is 10.6 Å². The van der Waals surface area contributed by atoms with E-state index in [1.807, 2.05) is 32.0 Å². The van der Waals surface area contributed by atoms with Crippen molar-refractivity contribution in [3.63, 3.8) is 0 Å². The van der Waals surface area contributed by atoms with Gasteiger partial charge in [0.05, 0.1) is 18.1 Å². The zero-order chi connectivity index (χ0) is 24.8. The number of ether oxygens (including phenoxy) is 1. The van der Waals surface area contributed by atoms with Gasteiger partial charge < -0.3 is 15.4 Å². The summed E-state index contributed by atoms with van der Waals surface area (Å²) >= 11 is 0. The van der Waals surface area contributed by atoms with E-state index >= 15 is 0 Å². The minimum Gasteiger partial charge on any atom is -0.379 e. The number of carbonyl (C=O) groups is 1. The number of aryl methyl sites for hydroxylation is 2. The van der Waals surface area contributed by atoms with Crippen LogP contribution in [0.3, 0.4) is 0 Å². The van der Waals surface area contributed by atoms with E-state index in [0.717, 1.165) is 22.6 Å². The molecule has 0 unspecified atom stereocenters. The van der Waals surface area contributed by atoms with Crippen molar-refractivity contribution >= 4 is 27.6 Å². The van der Waals surface area contributed by atoms with Crippen LogP contribution in [0.15, 0.2) is 59.5 Å². The lowest BCUT2D eigenvalue weighted by Gasteiger charge is -2.26. The smallest absolute Gasteiger partial charge is 0.251 e. The summed E-state index contributed by atoms with van der Waals surface area (Å²) in [6.07, 6.45) is 0.591. The minimum absolute atomic E-state index is 0.175. The second kappa shape index (κ2) is 10.9. The van der Waals surface area contributed by atoms with Crippen LogP contribution >= 0.6 is 0 Å². The number of hydrogen-bond acceptors (Lipinski definition) is 7. The first-order valence-electron chi connectivity index (χ1n) is 11.5. The number of nitrogens with zero attached hydrogens (tertiary/aromatic N) is 3. The summed E-state index contributed by atoms with van der Waals surface area (Å²) in [5.74, 6) is 0.342. The van der Waals surface area contributed by atoms with Gasteiger partial charge in [0.25, 0.3) is 5.91 Å². The van der Waals surface area contributed by atoms with Crippen LogP contribution in [0.4, 0.5) is 11.6 Å². The van der Waals surface area contributed by atoms with Crippen molar-refractivity contribution in [1.29, 1.82) is 0 Å². The molecular formula is C25H29N5O4S. The van der Waals surface area contributed by atoms with E-state index in [0.29, 0.717) is 50.8 Å². The molecule has 0 aliphatic carbocycles. The molecule has 10 heteroatoms. The Balaban J connectivity index is 1.28. The SMILES string of the molecule is Cc1cc(C)nc(Nc2ccc(C(=O)NCCc3ccc(S(=O)(=O)N4CCOCC4)cc3)cc2)n1. The Labute approximate surface area is 205 Å². The number of carbonyl (C=O) groups excluding carboxylic acids is 1. The Bertz CT molecular complexity index is 1250. The van der Waals surface area contributed by atoms with Crippen molar-refractivity contribution < 1.29 is 17.9 Å². The van der Waals surface area contributed by atoms with Crippen molar-refractivity contribution in [3.05, 3.63) is 77.1 Å². The molecule has 0 saturated carbocycles. The first-order valence-corrected chi connectivity index (χ1v) is 12.9. The van der Waals surface area contributed by atoms with E-state index in [2.05, 4.69) is 20.6 Å². The van der Waals surface area contributed by atoms with Crippen LogP contribution in [0, 0.1) is 13.8 Å². The molecule has 0 bridgehead atoms. The maximum atomic E-state index is 12.7. The molecule has 1 aliphatic heterocycles. The fourth-order valence-electron chi connectivity index (χ4n) is 3.80. The number of nitrogens with one attached hydrogen (secondary N) is 2. The second-order valence-electron chi connectivity index (χ2n) is 8.34. The number of sulfonamides is 1. The summed E-state index contributed by atoms with van der Waals surface area (Å²) < 4.78 is 32.1. The molecule has 0 radical (unpaired) electrons. The molecule has 0 atom stereocenters. The number of hydrogen-bond donors (Lipinski definition) is 2. The molecule has 1 aromatic heterocycles. The summed E-state index contributed by atoms with van der Waals surface area (Å²) in [5.41, 5.74) is 4.04. The molecule has 1 fully saturated rings. The molecule has 9 nitrogen and oxygen atoms in total. The fraction of sp³-hybridized carbons (Fsp3) is 0.320.